The average molecular weight is 416 g/mol. The van der Waals surface area contributed by atoms with Gasteiger partial charge in [-0.1, -0.05) is 12.1 Å². The molecule has 0 fully saturated rings. The summed E-state index contributed by atoms with van der Waals surface area (Å²) < 4.78 is 25.3. The minimum Gasteiger partial charge on any atom is -0.489 e. The molecular weight excluding hydrogens is 395 g/mol. The third-order valence-corrected chi connectivity index (χ3v) is 5.17. The largest absolute Gasteiger partial charge is 0.489 e. The van der Waals surface area contributed by atoms with Gasteiger partial charge in [-0.3, -0.25) is 0 Å². The zero-order chi connectivity index (χ0) is 21.2. The van der Waals surface area contributed by atoms with E-state index in [-0.39, 0.29) is 11.9 Å². The van der Waals surface area contributed by atoms with E-state index in [2.05, 4.69) is 20.6 Å². The lowest BCUT2D eigenvalue weighted by Crippen LogP contribution is -2.18. The van der Waals surface area contributed by atoms with Gasteiger partial charge in [0.25, 0.3) is 0 Å². The molecule has 156 valence electrons. The van der Waals surface area contributed by atoms with Gasteiger partial charge in [0.05, 0.1) is 16.6 Å². The molecule has 0 bridgehead atoms. The van der Waals surface area contributed by atoms with Crippen LogP contribution >= 0.6 is 0 Å². The van der Waals surface area contributed by atoms with Crippen molar-refractivity contribution < 1.29 is 13.9 Å². The van der Waals surface area contributed by atoms with Crippen LogP contribution in [0.5, 0.6) is 11.5 Å². The maximum atomic E-state index is 13.5. The zero-order valence-corrected chi connectivity index (χ0v) is 16.9. The molecule has 1 atom stereocenters. The first-order chi connectivity index (χ1) is 15.2. The second kappa shape index (κ2) is 8.10. The molecule has 0 radical (unpaired) electrons. The van der Waals surface area contributed by atoms with Crippen LogP contribution in [0.2, 0.25) is 0 Å². The van der Waals surface area contributed by atoms with Gasteiger partial charge in [-0.05, 0) is 61.0 Å². The Morgan fingerprint density at radius 3 is 2.81 bits per heavy atom. The Balaban J connectivity index is 1.37. The molecule has 5 rings (SSSR count). The average Bonchev–Trinajstić information content (AvgIpc) is 2.80. The van der Waals surface area contributed by atoms with Crippen molar-refractivity contribution in [3.05, 3.63) is 78.4 Å². The monoisotopic (exact) mass is 416 g/mol. The second-order valence-corrected chi connectivity index (χ2v) is 7.30. The first kappa shape index (κ1) is 19.1. The van der Waals surface area contributed by atoms with Gasteiger partial charge >= 0.3 is 0 Å². The van der Waals surface area contributed by atoms with E-state index in [4.69, 9.17) is 9.47 Å². The smallest absolute Gasteiger partial charge is 0.155 e. The molecule has 0 spiro atoms. The molecule has 4 aromatic rings. The van der Waals surface area contributed by atoms with Crippen molar-refractivity contribution in [2.75, 3.05) is 23.8 Å². The maximum Gasteiger partial charge on any atom is 0.155 e. The fourth-order valence-corrected chi connectivity index (χ4v) is 3.63. The van der Waals surface area contributed by atoms with Gasteiger partial charge < -0.3 is 20.1 Å². The van der Waals surface area contributed by atoms with Crippen molar-refractivity contribution in [3.63, 3.8) is 0 Å². The molecule has 1 aliphatic heterocycles. The lowest BCUT2D eigenvalue weighted by atomic mass is 10.1. The second-order valence-electron chi connectivity index (χ2n) is 7.30. The summed E-state index contributed by atoms with van der Waals surface area (Å²) in [5, 5.41) is 7.53. The third kappa shape index (κ3) is 3.94. The summed E-state index contributed by atoms with van der Waals surface area (Å²) in [6.45, 7) is 3.26. The van der Waals surface area contributed by atoms with Gasteiger partial charge in [-0.25, -0.2) is 14.4 Å². The van der Waals surface area contributed by atoms with Crippen LogP contribution in [-0.4, -0.2) is 23.1 Å². The first-order valence-electron chi connectivity index (χ1n) is 10.1. The number of halogens is 1. The van der Waals surface area contributed by atoms with Crippen molar-refractivity contribution >= 4 is 28.1 Å². The summed E-state index contributed by atoms with van der Waals surface area (Å²) in [6, 6.07) is 17.9. The van der Waals surface area contributed by atoms with Crippen LogP contribution in [0.1, 0.15) is 18.6 Å². The quantitative estimate of drug-likeness (QED) is 0.451. The van der Waals surface area contributed by atoms with Crippen LogP contribution in [0.25, 0.3) is 10.9 Å². The Morgan fingerprint density at radius 2 is 1.97 bits per heavy atom. The molecule has 31 heavy (non-hydrogen) atoms. The molecule has 1 unspecified atom stereocenters. The summed E-state index contributed by atoms with van der Waals surface area (Å²) in [5.41, 5.74) is 3.38. The highest BCUT2D eigenvalue weighted by Crippen LogP contribution is 2.39. The van der Waals surface area contributed by atoms with E-state index in [0.29, 0.717) is 18.2 Å². The molecule has 2 heterocycles. The summed E-state index contributed by atoms with van der Waals surface area (Å²) >= 11 is 0. The van der Waals surface area contributed by atoms with Gasteiger partial charge in [0.1, 0.15) is 36.4 Å². The number of nitrogens with zero attached hydrogens (tertiary/aromatic N) is 2. The van der Waals surface area contributed by atoms with E-state index < -0.39 is 0 Å². The molecule has 1 aromatic heterocycles. The summed E-state index contributed by atoms with van der Waals surface area (Å²) in [5.74, 6) is 1.86. The lowest BCUT2D eigenvalue weighted by Gasteiger charge is -2.21. The molecule has 3 aromatic carbocycles. The van der Waals surface area contributed by atoms with Crippen molar-refractivity contribution in [3.8, 4) is 11.5 Å². The van der Waals surface area contributed by atoms with E-state index in [0.717, 1.165) is 40.1 Å². The Labute approximate surface area is 179 Å². The number of anilines is 3. The fraction of sp³-hybridized carbons (Fsp3) is 0.167. The predicted molar refractivity (Wildman–Crippen MR) is 119 cm³/mol. The number of nitrogens with one attached hydrogen (secondary N) is 2. The van der Waals surface area contributed by atoms with E-state index in [1.807, 2.05) is 49.4 Å². The number of fused-ring (bicyclic) bond motifs is 3. The highest BCUT2D eigenvalue weighted by Gasteiger charge is 2.18. The molecule has 0 saturated heterocycles. The van der Waals surface area contributed by atoms with Crippen LogP contribution < -0.4 is 20.1 Å². The van der Waals surface area contributed by atoms with Crippen molar-refractivity contribution in [2.24, 2.45) is 0 Å². The minimum atomic E-state index is -0.272. The van der Waals surface area contributed by atoms with E-state index >= 15 is 0 Å². The number of ether oxygens (including phenoxy) is 2. The Morgan fingerprint density at radius 1 is 1.10 bits per heavy atom. The fourth-order valence-electron chi connectivity index (χ4n) is 3.63. The Bertz CT molecular complexity index is 1230. The van der Waals surface area contributed by atoms with Crippen molar-refractivity contribution in [1.82, 2.24) is 9.97 Å². The lowest BCUT2D eigenvalue weighted by molar-refractivity contribution is 0.226. The normalized spacial score (nSPS) is 13.6. The summed E-state index contributed by atoms with van der Waals surface area (Å²) in [4.78, 5) is 8.80. The van der Waals surface area contributed by atoms with E-state index in [1.54, 1.807) is 6.07 Å². The molecular formula is C24H21FN4O2. The van der Waals surface area contributed by atoms with Crippen LogP contribution in [0, 0.1) is 5.82 Å². The SMILES string of the molecule is CC(Oc1ccc(Nc2ncnc3ccc4c(c23)OCCN4)cc1)c1cccc(F)c1. The number of rotatable bonds is 5. The summed E-state index contributed by atoms with van der Waals surface area (Å²) in [6.07, 6.45) is 1.27. The highest BCUT2D eigenvalue weighted by atomic mass is 19.1. The predicted octanol–water partition coefficient (Wildman–Crippen LogP) is 5.46. The Hall–Kier alpha value is -3.87. The molecule has 0 saturated carbocycles. The first-order valence-corrected chi connectivity index (χ1v) is 10.1. The van der Waals surface area contributed by atoms with Crippen LogP contribution in [0.4, 0.5) is 21.6 Å². The van der Waals surface area contributed by atoms with Crippen LogP contribution in [0.15, 0.2) is 67.0 Å². The number of hydrogen-bond acceptors (Lipinski definition) is 6. The minimum absolute atomic E-state index is 0.267. The highest BCUT2D eigenvalue weighted by molar-refractivity contribution is 5.99. The molecule has 2 N–H and O–H groups in total. The van der Waals surface area contributed by atoms with Gasteiger partial charge in [0, 0.05) is 12.2 Å². The van der Waals surface area contributed by atoms with Crippen LogP contribution in [-0.2, 0) is 0 Å². The van der Waals surface area contributed by atoms with Crippen molar-refractivity contribution in [1.29, 1.82) is 0 Å². The molecule has 0 aliphatic carbocycles. The van der Waals surface area contributed by atoms with Gasteiger partial charge in [-0.2, -0.15) is 0 Å². The van der Waals surface area contributed by atoms with E-state index in [9.17, 15) is 4.39 Å². The van der Waals surface area contributed by atoms with Gasteiger partial charge in [-0.15, -0.1) is 0 Å². The molecule has 1 aliphatic rings. The zero-order valence-electron chi connectivity index (χ0n) is 16.9. The standard InChI is InChI=1S/C24H21FN4O2/c1-15(16-3-2-4-17(25)13-16)31-19-7-5-18(6-8-19)29-24-22-20(27-14-28-24)9-10-21-23(22)30-12-11-26-21/h2-10,13-15,26H,11-12H2,1H3,(H,27,28,29). The maximum absolute atomic E-state index is 13.5. The van der Waals surface area contributed by atoms with Gasteiger partial charge in [0.2, 0.25) is 0 Å². The number of benzene rings is 3. The number of aromatic nitrogens is 2. The molecule has 0 amide bonds. The summed E-state index contributed by atoms with van der Waals surface area (Å²) in [7, 11) is 0. The molecule has 7 heteroatoms. The third-order valence-electron chi connectivity index (χ3n) is 5.17. The topological polar surface area (TPSA) is 68.3 Å². The van der Waals surface area contributed by atoms with Crippen LogP contribution in [0.3, 0.4) is 0 Å². The Kier molecular flexibility index (Phi) is 5.00. The van der Waals surface area contributed by atoms with Crippen molar-refractivity contribution in [2.45, 2.75) is 13.0 Å². The molecule has 6 nitrogen and oxygen atoms in total. The van der Waals surface area contributed by atoms with Gasteiger partial charge in [0.15, 0.2) is 5.75 Å². The van der Waals surface area contributed by atoms with E-state index in [1.165, 1.54) is 18.5 Å². The number of hydrogen-bond donors (Lipinski definition) is 2.